The number of aromatic nitrogens is 2. The van der Waals surface area contributed by atoms with Gasteiger partial charge in [0.25, 0.3) is 0 Å². The number of nitrogens with zero attached hydrogens (tertiary/aromatic N) is 4. The zero-order valence-corrected chi connectivity index (χ0v) is 12.7. The molecule has 0 N–H and O–H groups in total. The number of hydrogen-bond donors (Lipinski definition) is 0. The molecule has 2 atom stereocenters. The lowest BCUT2D eigenvalue weighted by Gasteiger charge is -2.48. The summed E-state index contributed by atoms with van der Waals surface area (Å²) in [4.78, 5) is 14.0. The molecule has 21 heavy (non-hydrogen) atoms. The first-order valence-corrected chi connectivity index (χ1v) is 8.13. The fourth-order valence-corrected chi connectivity index (χ4v) is 3.70. The molecule has 1 aromatic heterocycles. The smallest absolute Gasteiger partial charge is 0.0727 e. The van der Waals surface area contributed by atoms with Gasteiger partial charge in [-0.25, -0.2) is 0 Å². The molecule has 0 spiro atoms. The molecule has 5 nitrogen and oxygen atoms in total. The van der Waals surface area contributed by atoms with E-state index in [0.29, 0.717) is 12.1 Å². The first kappa shape index (κ1) is 13.6. The van der Waals surface area contributed by atoms with Crippen molar-refractivity contribution in [3.05, 3.63) is 23.8 Å². The molecule has 4 rings (SSSR count). The minimum Gasteiger partial charge on any atom is -0.378 e. The topological polar surface area (TPSA) is 41.5 Å². The van der Waals surface area contributed by atoms with E-state index >= 15 is 0 Å². The van der Waals surface area contributed by atoms with E-state index in [1.54, 1.807) is 0 Å². The van der Waals surface area contributed by atoms with Crippen LogP contribution in [0.3, 0.4) is 0 Å². The molecule has 0 amide bonds. The Morgan fingerprint density at radius 1 is 1.19 bits per heavy atom. The Kier molecular flexibility index (Phi) is 3.65. The Hall–Kier alpha value is -1.04. The predicted octanol–water partition coefficient (Wildman–Crippen LogP) is 1.08. The average Bonchev–Trinajstić information content (AvgIpc) is 3.33. The Morgan fingerprint density at radius 2 is 2.10 bits per heavy atom. The molecule has 0 radical (unpaired) electrons. The van der Waals surface area contributed by atoms with Crippen molar-refractivity contribution in [1.29, 1.82) is 0 Å². The van der Waals surface area contributed by atoms with Gasteiger partial charge in [0.2, 0.25) is 0 Å². The predicted molar refractivity (Wildman–Crippen MR) is 79.9 cm³/mol. The van der Waals surface area contributed by atoms with Crippen LogP contribution in [0.2, 0.25) is 0 Å². The summed E-state index contributed by atoms with van der Waals surface area (Å²) in [6.45, 7) is 8.13. The van der Waals surface area contributed by atoms with Gasteiger partial charge >= 0.3 is 0 Å². The first-order valence-electron chi connectivity index (χ1n) is 8.13. The normalized spacial score (nSPS) is 31.1. The second-order valence-electron chi connectivity index (χ2n) is 6.72. The van der Waals surface area contributed by atoms with Gasteiger partial charge in [-0.2, -0.15) is 0 Å². The second-order valence-corrected chi connectivity index (χ2v) is 6.72. The van der Waals surface area contributed by atoms with Crippen LogP contribution in [-0.2, 0) is 11.3 Å². The molecule has 5 heteroatoms. The number of morpholine rings is 1. The number of fused-ring (bicyclic) bond motifs is 1. The zero-order valence-electron chi connectivity index (χ0n) is 12.7. The number of rotatable bonds is 3. The third-order valence-electron chi connectivity index (χ3n) is 5.02. The summed E-state index contributed by atoms with van der Waals surface area (Å²) in [6.07, 6.45) is 6.57. The number of piperazine rings is 1. The summed E-state index contributed by atoms with van der Waals surface area (Å²) < 4.78 is 5.87. The highest BCUT2D eigenvalue weighted by molar-refractivity contribution is 5.02. The number of hydrogen-bond acceptors (Lipinski definition) is 5. The van der Waals surface area contributed by atoms with Gasteiger partial charge in [0, 0.05) is 50.7 Å². The Morgan fingerprint density at radius 3 is 2.86 bits per heavy atom. The van der Waals surface area contributed by atoms with Crippen LogP contribution in [0.15, 0.2) is 12.4 Å². The van der Waals surface area contributed by atoms with Crippen molar-refractivity contribution >= 4 is 0 Å². The fourth-order valence-electron chi connectivity index (χ4n) is 3.70. The molecule has 3 heterocycles. The van der Waals surface area contributed by atoms with E-state index in [2.05, 4.69) is 19.8 Å². The molecule has 0 bridgehead atoms. The monoisotopic (exact) mass is 288 g/mol. The van der Waals surface area contributed by atoms with Crippen LogP contribution >= 0.6 is 0 Å². The molecule has 1 aromatic rings. The number of aryl methyl sites for hydroxylation is 1. The van der Waals surface area contributed by atoms with Crippen LogP contribution in [0, 0.1) is 12.8 Å². The van der Waals surface area contributed by atoms with Crippen LogP contribution in [-0.4, -0.2) is 64.7 Å². The lowest BCUT2D eigenvalue weighted by atomic mass is 10.0. The Balaban J connectivity index is 1.38. The van der Waals surface area contributed by atoms with E-state index in [0.717, 1.165) is 50.2 Å². The van der Waals surface area contributed by atoms with Crippen molar-refractivity contribution < 1.29 is 4.74 Å². The zero-order chi connectivity index (χ0) is 14.2. The van der Waals surface area contributed by atoms with Crippen LogP contribution in [0.4, 0.5) is 0 Å². The molecule has 0 unspecified atom stereocenters. The lowest BCUT2D eigenvalue weighted by Crippen LogP contribution is -2.62. The maximum Gasteiger partial charge on any atom is 0.0727 e. The van der Waals surface area contributed by atoms with Crippen LogP contribution in [0.1, 0.15) is 24.2 Å². The van der Waals surface area contributed by atoms with Gasteiger partial charge in [-0.1, -0.05) is 0 Å². The summed E-state index contributed by atoms with van der Waals surface area (Å²) in [6, 6.07) is 1.25. The number of ether oxygens (including phenoxy) is 1. The van der Waals surface area contributed by atoms with E-state index in [1.165, 1.54) is 19.4 Å². The molecular weight excluding hydrogens is 264 g/mol. The summed E-state index contributed by atoms with van der Waals surface area (Å²) in [7, 11) is 0. The van der Waals surface area contributed by atoms with Gasteiger partial charge < -0.3 is 4.74 Å². The largest absolute Gasteiger partial charge is 0.378 e. The minimum absolute atomic E-state index is 0.566. The van der Waals surface area contributed by atoms with Gasteiger partial charge in [-0.3, -0.25) is 19.8 Å². The van der Waals surface area contributed by atoms with Gasteiger partial charge in [0.05, 0.1) is 24.6 Å². The highest BCUT2D eigenvalue weighted by Crippen LogP contribution is 2.38. The van der Waals surface area contributed by atoms with E-state index in [4.69, 9.17) is 4.74 Å². The molecule has 114 valence electrons. The fraction of sp³-hybridized carbons (Fsp3) is 0.750. The molecule has 3 fully saturated rings. The Labute approximate surface area is 126 Å². The average molecular weight is 288 g/mol. The van der Waals surface area contributed by atoms with Crippen molar-refractivity contribution in [2.45, 2.75) is 38.4 Å². The molecular formula is C16H24N4O. The molecule has 2 aliphatic heterocycles. The third-order valence-corrected chi connectivity index (χ3v) is 5.02. The Bertz CT molecular complexity index is 488. The SMILES string of the molecule is Cc1cnc(CN2CCN3[C@@H](COC[C@@H]3C3CC3)C2)cn1. The van der Waals surface area contributed by atoms with Crippen molar-refractivity contribution in [2.24, 2.45) is 5.92 Å². The summed E-state index contributed by atoms with van der Waals surface area (Å²) in [5.74, 6) is 0.905. The van der Waals surface area contributed by atoms with Crippen LogP contribution < -0.4 is 0 Å². The van der Waals surface area contributed by atoms with Crippen molar-refractivity contribution in [2.75, 3.05) is 32.8 Å². The maximum atomic E-state index is 5.87. The van der Waals surface area contributed by atoms with E-state index < -0.39 is 0 Å². The minimum atomic E-state index is 0.566. The molecule has 0 aromatic carbocycles. The lowest BCUT2D eigenvalue weighted by molar-refractivity contribution is -0.0881. The maximum absolute atomic E-state index is 5.87. The quantitative estimate of drug-likeness (QED) is 0.832. The van der Waals surface area contributed by atoms with E-state index in [9.17, 15) is 0 Å². The summed E-state index contributed by atoms with van der Waals surface area (Å²) in [5.41, 5.74) is 2.06. The van der Waals surface area contributed by atoms with E-state index in [-0.39, 0.29) is 0 Å². The van der Waals surface area contributed by atoms with Gasteiger partial charge in [0.1, 0.15) is 0 Å². The van der Waals surface area contributed by atoms with Gasteiger partial charge in [-0.15, -0.1) is 0 Å². The second kappa shape index (κ2) is 5.63. The highest BCUT2D eigenvalue weighted by Gasteiger charge is 2.42. The van der Waals surface area contributed by atoms with Crippen LogP contribution in [0.25, 0.3) is 0 Å². The first-order chi connectivity index (χ1) is 10.3. The van der Waals surface area contributed by atoms with Crippen molar-refractivity contribution in [3.8, 4) is 0 Å². The molecule has 3 aliphatic rings. The van der Waals surface area contributed by atoms with Crippen LogP contribution in [0.5, 0.6) is 0 Å². The summed E-state index contributed by atoms with van der Waals surface area (Å²) >= 11 is 0. The van der Waals surface area contributed by atoms with Gasteiger partial charge in [-0.05, 0) is 25.7 Å². The molecule has 2 saturated heterocycles. The summed E-state index contributed by atoms with van der Waals surface area (Å²) in [5, 5.41) is 0. The van der Waals surface area contributed by atoms with Crippen molar-refractivity contribution in [3.63, 3.8) is 0 Å². The van der Waals surface area contributed by atoms with E-state index in [1.807, 2.05) is 19.3 Å². The highest BCUT2D eigenvalue weighted by atomic mass is 16.5. The van der Waals surface area contributed by atoms with Gasteiger partial charge in [0.15, 0.2) is 0 Å². The van der Waals surface area contributed by atoms with Crippen molar-refractivity contribution in [1.82, 2.24) is 19.8 Å². The molecule has 1 saturated carbocycles. The third kappa shape index (κ3) is 2.96. The standard InChI is InChI=1S/C16H24N4O/c1-12-6-18-14(7-17-12)8-19-4-5-20-15(9-19)10-21-11-16(20)13-2-3-13/h6-7,13,15-16H,2-5,8-11H2,1H3/t15-,16-/m1/s1. The molecule has 1 aliphatic carbocycles.